The summed E-state index contributed by atoms with van der Waals surface area (Å²) < 4.78 is 16.8. The SMILES string of the molecule is O=C(Cc1coc(-c2ccccc2)n1)Nc1cccc(OCC2CCCO2)c1. The molecule has 0 aliphatic carbocycles. The van der Waals surface area contributed by atoms with E-state index < -0.39 is 0 Å². The number of ether oxygens (including phenoxy) is 2. The first-order chi connectivity index (χ1) is 13.8. The monoisotopic (exact) mass is 378 g/mol. The molecule has 1 fully saturated rings. The number of carbonyl (C=O) groups excluding carboxylic acids is 1. The van der Waals surface area contributed by atoms with Crippen molar-refractivity contribution in [3.05, 3.63) is 66.6 Å². The highest BCUT2D eigenvalue weighted by atomic mass is 16.5. The Kier molecular flexibility index (Phi) is 5.68. The van der Waals surface area contributed by atoms with Gasteiger partial charge in [0.2, 0.25) is 11.8 Å². The second-order valence-electron chi connectivity index (χ2n) is 6.71. The second-order valence-corrected chi connectivity index (χ2v) is 6.71. The van der Waals surface area contributed by atoms with Crippen LogP contribution in [-0.4, -0.2) is 30.2 Å². The van der Waals surface area contributed by atoms with Crippen LogP contribution in [0, 0.1) is 0 Å². The van der Waals surface area contributed by atoms with E-state index in [4.69, 9.17) is 13.9 Å². The Hall–Kier alpha value is -3.12. The summed E-state index contributed by atoms with van der Waals surface area (Å²) >= 11 is 0. The quantitative estimate of drug-likeness (QED) is 0.671. The first-order valence-electron chi connectivity index (χ1n) is 9.40. The third-order valence-electron chi connectivity index (χ3n) is 4.49. The fourth-order valence-corrected chi connectivity index (χ4v) is 3.10. The highest BCUT2D eigenvalue weighted by molar-refractivity contribution is 5.92. The second kappa shape index (κ2) is 8.71. The maximum absolute atomic E-state index is 12.4. The van der Waals surface area contributed by atoms with E-state index in [9.17, 15) is 4.79 Å². The Morgan fingerprint density at radius 2 is 2.07 bits per heavy atom. The first kappa shape index (κ1) is 18.3. The zero-order chi connectivity index (χ0) is 19.2. The Morgan fingerprint density at radius 3 is 2.89 bits per heavy atom. The molecule has 6 nitrogen and oxygen atoms in total. The Morgan fingerprint density at radius 1 is 1.18 bits per heavy atom. The lowest BCUT2D eigenvalue weighted by atomic mass is 10.2. The predicted octanol–water partition coefficient (Wildman–Crippen LogP) is 4.08. The van der Waals surface area contributed by atoms with Crippen LogP contribution in [0.15, 0.2) is 65.3 Å². The van der Waals surface area contributed by atoms with Crippen molar-refractivity contribution in [3.63, 3.8) is 0 Å². The topological polar surface area (TPSA) is 73.6 Å². The van der Waals surface area contributed by atoms with E-state index in [1.54, 1.807) is 0 Å². The third-order valence-corrected chi connectivity index (χ3v) is 4.49. The molecule has 28 heavy (non-hydrogen) atoms. The van der Waals surface area contributed by atoms with Crippen LogP contribution in [0.25, 0.3) is 11.5 Å². The predicted molar refractivity (Wildman–Crippen MR) is 105 cm³/mol. The van der Waals surface area contributed by atoms with E-state index >= 15 is 0 Å². The average molecular weight is 378 g/mol. The van der Waals surface area contributed by atoms with Gasteiger partial charge in [-0.15, -0.1) is 0 Å². The van der Waals surface area contributed by atoms with Gasteiger partial charge in [0, 0.05) is 23.9 Å². The van der Waals surface area contributed by atoms with Crippen molar-refractivity contribution in [1.29, 1.82) is 0 Å². The normalized spacial score (nSPS) is 16.1. The minimum absolute atomic E-state index is 0.136. The molecule has 2 heterocycles. The number of aromatic nitrogens is 1. The summed E-state index contributed by atoms with van der Waals surface area (Å²) in [5.74, 6) is 1.05. The smallest absolute Gasteiger partial charge is 0.230 e. The van der Waals surface area contributed by atoms with Crippen molar-refractivity contribution < 1.29 is 18.7 Å². The minimum atomic E-state index is -0.163. The van der Waals surface area contributed by atoms with Crippen molar-refractivity contribution in [1.82, 2.24) is 4.98 Å². The van der Waals surface area contributed by atoms with Crippen molar-refractivity contribution in [2.45, 2.75) is 25.4 Å². The first-order valence-corrected chi connectivity index (χ1v) is 9.40. The fourth-order valence-electron chi connectivity index (χ4n) is 3.10. The average Bonchev–Trinajstić information content (AvgIpc) is 3.39. The van der Waals surface area contributed by atoms with E-state index in [-0.39, 0.29) is 18.4 Å². The van der Waals surface area contributed by atoms with Gasteiger partial charge >= 0.3 is 0 Å². The van der Waals surface area contributed by atoms with Gasteiger partial charge in [-0.25, -0.2) is 4.98 Å². The van der Waals surface area contributed by atoms with Gasteiger partial charge in [-0.05, 0) is 37.1 Å². The highest BCUT2D eigenvalue weighted by Gasteiger charge is 2.16. The summed E-state index contributed by atoms with van der Waals surface area (Å²) in [6.45, 7) is 1.33. The van der Waals surface area contributed by atoms with Crippen molar-refractivity contribution >= 4 is 11.6 Å². The minimum Gasteiger partial charge on any atom is -0.491 e. The lowest BCUT2D eigenvalue weighted by Gasteiger charge is -2.12. The number of hydrogen-bond acceptors (Lipinski definition) is 5. The molecule has 1 aromatic heterocycles. The summed E-state index contributed by atoms with van der Waals surface area (Å²) in [4.78, 5) is 16.7. The molecule has 4 rings (SSSR count). The Balaban J connectivity index is 1.32. The van der Waals surface area contributed by atoms with Crippen molar-refractivity contribution in [2.75, 3.05) is 18.5 Å². The van der Waals surface area contributed by atoms with Crippen molar-refractivity contribution in [2.24, 2.45) is 0 Å². The van der Waals surface area contributed by atoms with E-state index in [2.05, 4.69) is 10.3 Å². The standard InChI is InChI=1S/C22H22N2O4/c25-21(13-18-14-28-22(24-18)16-6-2-1-3-7-16)23-17-8-4-9-19(12-17)27-15-20-10-5-11-26-20/h1-4,6-9,12,14,20H,5,10-11,13,15H2,(H,23,25). The number of rotatable bonds is 7. The van der Waals surface area contributed by atoms with Crippen LogP contribution in [0.3, 0.4) is 0 Å². The molecule has 0 bridgehead atoms. The van der Waals surface area contributed by atoms with E-state index in [0.29, 0.717) is 29.6 Å². The third kappa shape index (κ3) is 4.78. The molecule has 1 amide bonds. The highest BCUT2D eigenvalue weighted by Crippen LogP contribution is 2.21. The van der Waals surface area contributed by atoms with Gasteiger partial charge in [-0.1, -0.05) is 24.3 Å². The number of nitrogens with zero attached hydrogens (tertiary/aromatic N) is 1. The molecule has 2 aromatic carbocycles. The largest absolute Gasteiger partial charge is 0.491 e. The summed E-state index contributed by atoms with van der Waals surface area (Å²) in [5, 5.41) is 2.88. The molecule has 0 saturated carbocycles. The molecule has 0 radical (unpaired) electrons. The number of amides is 1. The number of nitrogens with one attached hydrogen (secondary N) is 1. The molecule has 1 saturated heterocycles. The summed E-state index contributed by atoms with van der Waals surface area (Å²) in [7, 11) is 0. The van der Waals surface area contributed by atoms with Crippen LogP contribution < -0.4 is 10.1 Å². The van der Waals surface area contributed by atoms with Crippen LogP contribution in [-0.2, 0) is 16.0 Å². The molecular formula is C22H22N2O4. The molecule has 1 aliphatic rings. The maximum atomic E-state index is 12.4. The Labute approximate surface area is 163 Å². The van der Waals surface area contributed by atoms with Crippen LogP contribution in [0.1, 0.15) is 18.5 Å². The summed E-state index contributed by atoms with van der Waals surface area (Å²) in [5.41, 5.74) is 2.15. The fraction of sp³-hybridized carbons (Fsp3) is 0.273. The van der Waals surface area contributed by atoms with Gasteiger partial charge in [0.1, 0.15) is 18.6 Å². The molecule has 1 unspecified atom stereocenters. The molecule has 6 heteroatoms. The van der Waals surface area contributed by atoms with E-state index in [0.717, 1.165) is 25.0 Å². The molecule has 1 atom stereocenters. The van der Waals surface area contributed by atoms with Gasteiger partial charge in [0.25, 0.3) is 0 Å². The molecule has 3 aromatic rings. The van der Waals surface area contributed by atoms with Gasteiger partial charge in [0.15, 0.2) is 0 Å². The summed E-state index contributed by atoms with van der Waals surface area (Å²) in [6, 6.07) is 17.0. The van der Waals surface area contributed by atoms with Crippen molar-refractivity contribution in [3.8, 4) is 17.2 Å². The lowest BCUT2D eigenvalue weighted by molar-refractivity contribution is -0.115. The number of anilines is 1. The Bertz CT molecular complexity index is 917. The zero-order valence-corrected chi connectivity index (χ0v) is 15.5. The number of carbonyl (C=O) groups is 1. The van der Waals surface area contributed by atoms with E-state index in [1.165, 1.54) is 6.26 Å². The van der Waals surface area contributed by atoms with E-state index in [1.807, 2.05) is 54.6 Å². The van der Waals surface area contributed by atoms with Crippen LogP contribution >= 0.6 is 0 Å². The van der Waals surface area contributed by atoms with Gasteiger partial charge in [0.05, 0.1) is 18.2 Å². The number of hydrogen-bond donors (Lipinski definition) is 1. The lowest BCUT2D eigenvalue weighted by Crippen LogP contribution is -2.17. The zero-order valence-electron chi connectivity index (χ0n) is 15.5. The molecule has 0 spiro atoms. The van der Waals surface area contributed by atoms with Gasteiger partial charge in [-0.2, -0.15) is 0 Å². The van der Waals surface area contributed by atoms with Crippen LogP contribution in [0.2, 0.25) is 0 Å². The summed E-state index contributed by atoms with van der Waals surface area (Å²) in [6.07, 6.45) is 3.92. The molecular weight excluding hydrogens is 356 g/mol. The van der Waals surface area contributed by atoms with Gasteiger partial charge in [-0.3, -0.25) is 4.79 Å². The van der Waals surface area contributed by atoms with Gasteiger partial charge < -0.3 is 19.2 Å². The maximum Gasteiger partial charge on any atom is 0.230 e. The molecule has 1 N–H and O–H groups in total. The molecule has 1 aliphatic heterocycles. The molecule has 144 valence electrons. The number of oxazole rings is 1. The number of benzene rings is 2. The van der Waals surface area contributed by atoms with Crippen LogP contribution in [0.4, 0.5) is 5.69 Å². The van der Waals surface area contributed by atoms with Crippen LogP contribution in [0.5, 0.6) is 5.75 Å².